The van der Waals surface area contributed by atoms with E-state index in [4.69, 9.17) is 5.73 Å². The maximum absolute atomic E-state index is 12.1. The van der Waals surface area contributed by atoms with Crippen LogP contribution in [0.4, 0.5) is 0 Å². The number of hydrogen-bond acceptors (Lipinski definition) is 3. The number of piperidine rings is 1. The first kappa shape index (κ1) is 17.4. The first-order valence-electron chi connectivity index (χ1n) is 9.40. The maximum Gasteiger partial charge on any atom is 0.240 e. The van der Waals surface area contributed by atoms with Crippen molar-refractivity contribution in [2.75, 3.05) is 19.6 Å². The van der Waals surface area contributed by atoms with Crippen molar-refractivity contribution in [2.45, 2.75) is 57.5 Å². The highest BCUT2D eigenvalue weighted by atomic mass is 16.2. The summed E-state index contributed by atoms with van der Waals surface area (Å²) < 4.78 is 0. The summed E-state index contributed by atoms with van der Waals surface area (Å²) in [5, 5.41) is 3.06. The standard InChI is InChI=1S/C20H31N3O/c1-16-5-7-18(8-6-16)15-23-13-2-4-17(14-23)9-12-22-19(24)20(21)10-3-11-20/h5-8,17H,2-4,9-15,21H2,1H3,(H,22,24)/t17-/m1/s1. The lowest BCUT2D eigenvalue weighted by atomic mass is 9.77. The third kappa shape index (κ3) is 4.37. The van der Waals surface area contributed by atoms with Crippen molar-refractivity contribution >= 4 is 5.91 Å². The molecule has 2 aliphatic rings. The molecule has 0 spiro atoms. The van der Waals surface area contributed by atoms with E-state index >= 15 is 0 Å². The van der Waals surface area contributed by atoms with Crippen LogP contribution < -0.4 is 11.1 Å². The predicted octanol–water partition coefficient (Wildman–Crippen LogP) is 2.59. The fourth-order valence-corrected chi connectivity index (χ4v) is 3.83. The third-order valence-electron chi connectivity index (χ3n) is 5.67. The molecule has 1 saturated heterocycles. The number of amides is 1. The van der Waals surface area contributed by atoms with Crippen LogP contribution in [0.2, 0.25) is 0 Å². The number of aryl methyl sites for hydroxylation is 1. The lowest BCUT2D eigenvalue weighted by molar-refractivity contribution is -0.129. The number of likely N-dealkylation sites (tertiary alicyclic amines) is 1. The van der Waals surface area contributed by atoms with Gasteiger partial charge in [0.05, 0.1) is 5.54 Å². The largest absolute Gasteiger partial charge is 0.354 e. The molecule has 132 valence electrons. The second-order valence-corrected chi connectivity index (χ2v) is 7.78. The molecule has 3 rings (SSSR count). The van der Waals surface area contributed by atoms with Gasteiger partial charge in [0, 0.05) is 19.6 Å². The lowest BCUT2D eigenvalue weighted by Crippen LogP contribution is -2.58. The molecule has 3 N–H and O–H groups in total. The SMILES string of the molecule is Cc1ccc(CN2CCC[C@H](CCNC(=O)C3(N)CCC3)C2)cc1. The Balaban J connectivity index is 1.40. The smallest absolute Gasteiger partial charge is 0.240 e. The number of hydrogen-bond donors (Lipinski definition) is 2. The summed E-state index contributed by atoms with van der Waals surface area (Å²) in [7, 11) is 0. The molecular formula is C20H31N3O. The predicted molar refractivity (Wildman–Crippen MR) is 97.6 cm³/mol. The van der Waals surface area contributed by atoms with E-state index in [-0.39, 0.29) is 5.91 Å². The van der Waals surface area contributed by atoms with Crippen LogP contribution in [-0.4, -0.2) is 36.0 Å². The van der Waals surface area contributed by atoms with Crippen molar-refractivity contribution in [3.63, 3.8) is 0 Å². The normalized spacial score (nSPS) is 23.5. The number of nitrogens with zero attached hydrogens (tertiary/aromatic N) is 1. The molecule has 4 heteroatoms. The molecule has 0 unspecified atom stereocenters. The highest BCUT2D eigenvalue weighted by Crippen LogP contribution is 2.29. The fourth-order valence-electron chi connectivity index (χ4n) is 3.83. The Labute approximate surface area is 145 Å². The van der Waals surface area contributed by atoms with E-state index in [0.717, 1.165) is 45.3 Å². The van der Waals surface area contributed by atoms with Gasteiger partial charge in [0.2, 0.25) is 5.91 Å². The van der Waals surface area contributed by atoms with Gasteiger partial charge < -0.3 is 11.1 Å². The average Bonchev–Trinajstić information content (AvgIpc) is 2.55. The summed E-state index contributed by atoms with van der Waals surface area (Å²) in [5.41, 5.74) is 8.21. The molecule has 0 bridgehead atoms. The van der Waals surface area contributed by atoms with Crippen molar-refractivity contribution in [3.05, 3.63) is 35.4 Å². The van der Waals surface area contributed by atoms with E-state index < -0.39 is 5.54 Å². The van der Waals surface area contributed by atoms with Crippen LogP contribution in [0.5, 0.6) is 0 Å². The van der Waals surface area contributed by atoms with Gasteiger partial charge in [-0.25, -0.2) is 0 Å². The number of nitrogens with two attached hydrogens (primary N) is 1. The van der Waals surface area contributed by atoms with E-state index in [1.807, 2.05) is 0 Å². The van der Waals surface area contributed by atoms with E-state index in [9.17, 15) is 4.79 Å². The zero-order valence-electron chi connectivity index (χ0n) is 14.9. The van der Waals surface area contributed by atoms with E-state index in [0.29, 0.717) is 5.92 Å². The average molecular weight is 329 g/mol. The second-order valence-electron chi connectivity index (χ2n) is 7.78. The number of carbonyl (C=O) groups is 1. The Kier molecular flexibility index (Phi) is 5.57. The second kappa shape index (κ2) is 7.66. The molecule has 24 heavy (non-hydrogen) atoms. The van der Waals surface area contributed by atoms with Crippen molar-refractivity contribution in [1.29, 1.82) is 0 Å². The van der Waals surface area contributed by atoms with Crippen molar-refractivity contribution in [2.24, 2.45) is 11.7 Å². The molecule has 1 aromatic carbocycles. The summed E-state index contributed by atoms with van der Waals surface area (Å²) in [5.74, 6) is 0.737. The van der Waals surface area contributed by atoms with Crippen LogP contribution >= 0.6 is 0 Å². The minimum atomic E-state index is -0.565. The van der Waals surface area contributed by atoms with E-state index in [2.05, 4.69) is 41.4 Å². The molecule has 1 aromatic rings. The highest BCUT2D eigenvalue weighted by molar-refractivity contribution is 5.86. The van der Waals surface area contributed by atoms with Gasteiger partial charge >= 0.3 is 0 Å². The molecule has 0 aromatic heterocycles. The summed E-state index contributed by atoms with van der Waals surface area (Å²) in [6.45, 7) is 6.25. The van der Waals surface area contributed by atoms with Gasteiger partial charge in [-0.15, -0.1) is 0 Å². The maximum atomic E-state index is 12.1. The summed E-state index contributed by atoms with van der Waals surface area (Å²) in [6.07, 6.45) is 6.35. The summed E-state index contributed by atoms with van der Waals surface area (Å²) in [6, 6.07) is 8.85. The van der Waals surface area contributed by atoms with Gasteiger partial charge in [-0.1, -0.05) is 29.8 Å². The van der Waals surface area contributed by atoms with Gasteiger partial charge in [0.15, 0.2) is 0 Å². The van der Waals surface area contributed by atoms with Crippen molar-refractivity contribution in [3.8, 4) is 0 Å². The molecule has 4 nitrogen and oxygen atoms in total. The zero-order chi connectivity index (χ0) is 17.0. The van der Waals surface area contributed by atoms with Gasteiger partial charge in [0.1, 0.15) is 0 Å². The molecular weight excluding hydrogens is 298 g/mol. The van der Waals surface area contributed by atoms with E-state index in [1.165, 1.54) is 30.5 Å². The molecule has 0 radical (unpaired) electrons. The number of benzene rings is 1. The molecule has 1 amide bonds. The molecule has 1 aliphatic carbocycles. The summed E-state index contributed by atoms with van der Waals surface area (Å²) >= 11 is 0. The van der Waals surface area contributed by atoms with Crippen LogP contribution in [0, 0.1) is 12.8 Å². The van der Waals surface area contributed by atoms with Crippen LogP contribution in [0.25, 0.3) is 0 Å². The number of rotatable bonds is 6. The molecule has 1 atom stereocenters. The van der Waals surface area contributed by atoms with E-state index in [1.54, 1.807) is 0 Å². The first-order valence-corrected chi connectivity index (χ1v) is 9.40. The van der Waals surface area contributed by atoms with Crippen LogP contribution in [0.3, 0.4) is 0 Å². The van der Waals surface area contributed by atoms with Gasteiger partial charge in [-0.05, 0) is 63.5 Å². The number of nitrogens with one attached hydrogen (secondary N) is 1. The van der Waals surface area contributed by atoms with Crippen molar-refractivity contribution in [1.82, 2.24) is 10.2 Å². The summed E-state index contributed by atoms with van der Waals surface area (Å²) in [4.78, 5) is 14.6. The Bertz CT molecular complexity index is 551. The first-order chi connectivity index (χ1) is 11.5. The third-order valence-corrected chi connectivity index (χ3v) is 5.67. The Hall–Kier alpha value is -1.39. The molecule has 2 fully saturated rings. The van der Waals surface area contributed by atoms with Gasteiger partial charge in [0.25, 0.3) is 0 Å². The lowest BCUT2D eigenvalue weighted by Gasteiger charge is -2.36. The zero-order valence-corrected chi connectivity index (χ0v) is 14.9. The Morgan fingerprint density at radius 1 is 1.29 bits per heavy atom. The molecule has 1 aliphatic heterocycles. The van der Waals surface area contributed by atoms with Gasteiger partial charge in [-0.2, -0.15) is 0 Å². The fraction of sp³-hybridized carbons (Fsp3) is 0.650. The minimum absolute atomic E-state index is 0.0565. The Morgan fingerprint density at radius 3 is 2.71 bits per heavy atom. The van der Waals surface area contributed by atoms with Crippen molar-refractivity contribution < 1.29 is 4.79 Å². The molecule has 1 heterocycles. The monoisotopic (exact) mass is 329 g/mol. The van der Waals surface area contributed by atoms with Crippen LogP contribution in [-0.2, 0) is 11.3 Å². The number of carbonyl (C=O) groups excluding carboxylic acids is 1. The molecule has 1 saturated carbocycles. The highest BCUT2D eigenvalue weighted by Gasteiger charge is 2.39. The van der Waals surface area contributed by atoms with Gasteiger partial charge in [-0.3, -0.25) is 9.69 Å². The van der Waals surface area contributed by atoms with Crippen LogP contribution in [0.15, 0.2) is 24.3 Å². The quantitative estimate of drug-likeness (QED) is 0.843. The van der Waals surface area contributed by atoms with Crippen LogP contribution in [0.1, 0.15) is 49.7 Å². The topological polar surface area (TPSA) is 58.4 Å². The Morgan fingerprint density at radius 2 is 2.04 bits per heavy atom. The minimum Gasteiger partial charge on any atom is -0.354 e.